The molecule has 1 unspecified atom stereocenters. The van der Waals surface area contributed by atoms with Gasteiger partial charge in [0.15, 0.2) is 0 Å². The van der Waals surface area contributed by atoms with Crippen molar-refractivity contribution in [3.05, 3.63) is 16.1 Å². The molecule has 1 aliphatic heterocycles. The highest BCUT2D eigenvalue weighted by Crippen LogP contribution is 2.32. The lowest BCUT2D eigenvalue weighted by Crippen LogP contribution is -2.09. The molecule has 1 aromatic heterocycles. The third-order valence-corrected chi connectivity index (χ3v) is 2.73. The molecule has 0 saturated carbocycles. The Kier molecular flexibility index (Phi) is 2.12. The van der Waals surface area contributed by atoms with Gasteiger partial charge in [-0.05, 0) is 14.1 Å². The Balaban J connectivity index is 2.03. The van der Waals surface area contributed by atoms with Gasteiger partial charge in [0, 0.05) is 17.6 Å². The van der Waals surface area contributed by atoms with E-state index in [-0.39, 0.29) is 0 Å². The first-order valence-electron chi connectivity index (χ1n) is 3.96. The van der Waals surface area contributed by atoms with Crippen molar-refractivity contribution in [2.75, 3.05) is 20.7 Å². The van der Waals surface area contributed by atoms with Crippen LogP contribution in [0.3, 0.4) is 0 Å². The van der Waals surface area contributed by atoms with E-state index in [1.165, 1.54) is 4.88 Å². The van der Waals surface area contributed by atoms with E-state index in [0.29, 0.717) is 6.10 Å². The van der Waals surface area contributed by atoms with E-state index in [1.54, 1.807) is 11.3 Å². The number of ether oxygens (including phenoxy) is 1. The van der Waals surface area contributed by atoms with Crippen LogP contribution in [0.1, 0.15) is 16.0 Å². The van der Waals surface area contributed by atoms with Crippen LogP contribution in [0.25, 0.3) is 0 Å². The summed E-state index contributed by atoms with van der Waals surface area (Å²) in [7, 11) is 4.13. The maximum absolute atomic E-state index is 5.15. The van der Waals surface area contributed by atoms with E-state index < -0.39 is 0 Å². The van der Waals surface area contributed by atoms with Crippen LogP contribution in [0, 0.1) is 0 Å². The second-order valence-corrected chi connectivity index (χ2v) is 4.37. The van der Waals surface area contributed by atoms with Crippen molar-refractivity contribution in [1.29, 1.82) is 0 Å². The molecule has 0 aromatic carbocycles. The van der Waals surface area contributed by atoms with Gasteiger partial charge in [-0.25, -0.2) is 4.98 Å². The minimum atomic E-state index is 0.311. The third-order valence-electron chi connectivity index (χ3n) is 1.65. The van der Waals surface area contributed by atoms with E-state index in [4.69, 9.17) is 4.74 Å². The first-order valence-corrected chi connectivity index (χ1v) is 4.78. The summed E-state index contributed by atoms with van der Waals surface area (Å²) in [5, 5.41) is 1.13. The van der Waals surface area contributed by atoms with E-state index >= 15 is 0 Å². The highest BCUT2D eigenvalue weighted by molar-refractivity contribution is 7.11. The summed E-state index contributed by atoms with van der Waals surface area (Å²) in [6.45, 7) is 1.83. The lowest BCUT2D eigenvalue weighted by Gasteiger charge is -2.05. The van der Waals surface area contributed by atoms with Crippen LogP contribution in [0.2, 0.25) is 0 Å². The van der Waals surface area contributed by atoms with Gasteiger partial charge in [-0.2, -0.15) is 0 Å². The first-order chi connectivity index (χ1) is 5.75. The van der Waals surface area contributed by atoms with Crippen molar-refractivity contribution < 1.29 is 4.74 Å². The van der Waals surface area contributed by atoms with Crippen LogP contribution in [0.15, 0.2) is 6.20 Å². The normalized spacial score (nSPS) is 21.8. The molecule has 3 nitrogen and oxygen atoms in total. The predicted octanol–water partition coefficient (Wildman–Crippen LogP) is 1.28. The Bertz CT molecular complexity index is 268. The van der Waals surface area contributed by atoms with Crippen LogP contribution in [-0.2, 0) is 11.3 Å². The van der Waals surface area contributed by atoms with Gasteiger partial charge in [0.1, 0.15) is 11.1 Å². The second kappa shape index (κ2) is 3.12. The lowest BCUT2D eigenvalue weighted by molar-refractivity contribution is 0.406. The lowest BCUT2D eigenvalue weighted by atomic mass is 10.5. The first kappa shape index (κ1) is 8.16. The Morgan fingerprint density at radius 3 is 3.08 bits per heavy atom. The van der Waals surface area contributed by atoms with Crippen molar-refractivity contribution >= 4 is 11.3 Å². The largest absolute Gasteiger partial charge is 0.365 e. The second-order valence-electron chi connectivity index (χ2n) is 3.22. The molecule has 2 rings (SSSR count). The van der Waals surface area contributed by atoms with Crippen LogP contribution in [0.4, 0.5) is 0 Å². The highest BCUT2D eigenvalue weighted by atomic mass is 32.1. The monoisotopic (exact) mass is 184 g/mol. The number of aromatic nitrogens is 1. The summed E-state index contributed by atoms with van der Waals surface area (Å²) in [4.78, 5) is 7.75. The van der Waals surface area contributed by atoms with E-state index in [9.17, 15) is 0 Å². The SMILES string of the molecule is CN(C)Cc1cnc(C2CO2)s1. The third kappa shape index (κ3) is 1.83. The Morgan fingerprint density at radius 2 is 2.50 bits per heavy atom. The molecule has 0 bridgehead atoms. The molecule has 1 aromatic rings. The quantitative estimate of drug-likeness (QED) is 0.662. The molecular weight excluding hydrogens is 172 g/mol. The molecule has 1 atom stereocenters. The molecule has 0 radical (unpaired) electrons. The molecule has 2 heterocycles. The molecule has 12 heavy (non-hydrogen) atoms. The zero-order valence-electron chi connectivity index (χ0n) is 7.28. The average molecular weight is 184 g/mol. The minimum absolute atomic E-state index is 0.311. The highest BCUT2D eigenvalue weighted by Gasteiger charge is 2.27. The molecule has 0 amide bonds. The molecular formula is C8H12N2OS. The maximum atomic E-state index is 5.15. The standard InChI is InChI=1S/C8H12N2OS/c1-10(2)4-6-3-9-8(12-6)7-5-11-7/h3,7H,4-5H2,1-2H3. The molecule has 1 aliphatic rings. The topological polar surface area (TPSA) is 28.7 Å². The van der Waals surface area contributed by atoms with Crippen LogP contribution < -0.4 is 0 Å². The van der Waals surface area contributed by atoms with E-state index in [0.717, 1.165) is 18.2 Å². The molecule has 0 N–H and O–H groups in total. The smallest absolute Gasteiger partial charge is 0.132 e. The van der Waals surface area contributed by atoms with Crippen LogP contribution >= 0.6 is 11.3 Å². The Morgan fingerprint density at radius 1 is 1.75 bits per heavy atom. The molecule has 1 saturated heterocycles. The van der Waals surface area contributed by atoms with Crippen molar-refractivity contribution in [3.63, 3.8) is 0 Å². The number of epoxide rings is 1. The van der Waals surface area contributed by atoms with Crippen molar-refractivity contribution in [1.82, 2.24) is 9.88 Å². The number of rotatable bonds is 3. The average Bonchev–Trinajstić information content (AvgIpc) is 2.73. The fourth-order valence-corrected chi connectivity index (χ4v) is 2.12. The molecule has 4 heteroatoms. The molecule has 0 spiro atoms. The van der Waals surface area contributed by atoms with E-state index in [2.05, 4.69) is 24.0 Å². The number of hydrogen-bond donors (Lipinski definition) is 0. The fourth-order valence-electron chi connectivity index (χ4n) is 1.05. The minimum Gasteiger partial charge on any atom is -0.365 e. The summed E-state index contributed by atoms with van der Waals surface area (Å²) in [5.41, 5.74) is 0. The van der Waals surface area contributed by atoms with Gasteiger partial charge in [-0.3, -0.25) is 0 Å². The van der Waals surface area contributed by atoms with Gasteiger partial charge in [0.05, 0.1) is 6.61 Å². The fraction of sp³-hybridized carbons (Fsp3) is 0.625. The number of hydrogen-bond acceptors (Lipinski definition) is 4. The van der Waals surface area contributed by atoms with Crippen molar-refractivity contribution in [2.24, 2.45) is 0 Å². The maximum Gasteiger partial charge on any atom is 0.132 e. The summed E-state index contributed by atoms with van der Waals surface area (Å²) >= 11 is 1.75. The predicted molar refractivity (Wildman–Crippen MR) is 48.2 cm³/mol. The summed E-state index contributed by atoms with van der Waals surface area (Å²) in [5.74, 6) is 0. The zero-order chi connectivity index (χ0) is 8.55. The van der Waals surface area contributed by atoms with Gasteiger partial charge >= 0.3 is 0 Å². The van der Waals surface area contributed by atoms with Crippen LogP contribution in [0.5, 0.6) is 0 Å². The van der Waals surface area contributed by atoms with Gasteiger partial charge in [-0.15, -0.1) is 11.3 Å². The molecule has 1 fully saturated rings. The summed E-state index contributed by atoms with van der Waals surface area (Å²) < 4.78 is 5.15. The number of nitrogens with zero attached hydrogens (tertiary/aromatic N) is 2. The molecule has 66 valence electrons. The zero-order valence-corrected chi connectivity index (χ0v) is 8.10. The van der Waals surface area contributed by atoms with Gasteiger partial charge < -0.3 is 9.64 Å². The van der Waals surface area contributed by atoms with Crippen LogP contribution in [-0.4, -0.2) is 30.6 Å². The van der Waals surface area contributed by atoms with Crippen molar-refractivity contribution in [2.45, 2.75) is 12.6 Å². The van der Waals surface area contributed by atoms with Crippen molar-refractivity contribution in [3.8, 4) is 0 Å². The van der Waals surface area contributed by atoms with E-state index in [1.807, 2.05) is 6.20 Å². The van der Waals surface area contributed by atoms with Gasteiger partial charge in [0.2, 0.25) is 0 Å². The number of thiazole rings is 1. The summed E-state index contributed by atoms with van der Waals surface area (Å²) in [6, 6.07) is 0. The Labute approximate surface area is 76.0 Å². The molecule has 0 aliphatic carbocycles. The summed E-state index contributed by atoms with van der Waals surface area (Å²) in [6.07, 6.45) is 2.26. The van der Waals surface area contributed by atoms with Gasteiger partial charge in [0.25, 0.3) is 0 Å². The Hall–Kier alpha value is -0.450. The van der Waals surface area contributed by atoms with Gasteiger partial charge in [-0.1, -0.05) is 0 Å².